The van der Waals surface area contributed by atoms with Crippen LogP contribution in [-0.2, 0) is 11.4 Å². The number of carboxylic acid groups (broad SMARTS) is 1. The van der Waals surface area contributed by atoms with Crippen LogP contribution in [0, 0.1) is 13.8 Å². The van der Waals surface area contributed by atoms with E-state index >= 15 is 0 Å². The molecule has 0 amide bonds. The van der Waals surface area contributed by atoms with E-state index in [4.69, 9.17) is 9.47 Å². The molecule has 3 aromatic carbocycles. The van der Waals surface area contributed by atoms with E-state index in [0.29, 0.717) is 31.1 Å². The van der Waals surface area contributed by atoms with Gasteiger partial charge in [-0.15, -0.1) is 0 Å². The zero-order chi connectivity index (χ0) is 24.8. The van der Waals surface area contributed by atoms with Gasteiger partial charge in [0.25, 0.3) is 0 Å². The highest BCUT2D eigenvalue weighted by molar-refractivity contribution is 5.73. The van der Waals surface area contributed by atoms with Gasteiger partial charge < -0.3 is 14.6 Å². The molecule has 1 heterocycles. The topological polar surface area (TPSA) is 59.0 Å². The van der Waals surface area contributed by atoms with E-state index in [1.165, 1.54) is 11.1 Å². The summed E-state index contributed by atoms with van der Waals surface area (Å²) in [4.78, 5) is 14.4. The highest BCUT2D eigenvalue weighted by Gasteiger charge is 2.35. The van der Waals surface area contributed by atoms with Crippen molar-refractivity contribution in [1.82, 2.24) is 4.90 Å². The van der Waals surface area contributed by atoms with Crippen molar-refractivity contribution >= 4 is 5.97 Å². The smallest absolute Gasteiger partial charge is 0.320 e. The van der Waals surface area contributed by atoms with Gasteiger partial charge in [-0.1, -0.05) is 72.1 Å². The lowest BCUT2D eigenvalue weighted by Crippen LogP contribution is -2.46. The minimum absolute atomic E-state index is 0.183. The van der Waals surface area contributed by atoms with Crippen LogP contribution in [0.5, 0.6) is 11.5 Å². The van der Waals surface area contributed by atoms with Crippen LogP contribution in [0.2, 0.25) is 0 Å². The predicted octanol–water partition coefficient (Wildman–Crippen LogP) is 6.31. The third kappa shape index (κ3) is 6.04. The molecule has 0 spiro atoms. The average Bonchev–Trinajstić information content (AvgIpc) is 2.84. The maximum Gasteiger partial charge on any atom is 0.320 e. The summed E-state index contributed by atoms with van der Waals surface area (Å²) in [7, 11) is 0. The third-order valence-electron chi connectivity index (χ3n) is 6.54. The second-order valence-corrected chi connectivity index (χ2v) is 9.32. The van der Waals surface area contributed by atoms with E-state index in [2.05, 4.69) is 43.0 Å². The number of ether oxygens (including phenoxy) is 2. The van der Waals surface area contributed by atoms with Crippen LogP contribution >= 0.6 is 0 Å². The maximum absolute atomic E-state index is 12.2. The first-order valence-corrected chi connectivity index (χ1v) is 12.5. The zero-order valence-electron chi connectivity index (χ0n) is 20.9. The van der Waals surface area contributed by atoms with Crippen molar-refractivity contribution in [2.75, 3.05) is 13.2 Å². The molecule has 0 bridgehead atoms. The van der Waals surface area contributed by atoms with E-state index in [-0.39, 0.29) is 6.04 Å². The van der Waals surface area contributed by atoms with Crippen molar-refractivity contribution in [1.29, 1.82) is 0 Å². The molecule has 1 fully saturated rings. The van der Waals surface area contributed by atoms with Gasteiger partial charge in [0.2, 0.25) is 0 Å². The van der Waals surface area contributed by atoms with Gasteiger partial charge in [-0.05, 0) is 69.0 Å². The standard InChI is InChI=1S/C30H35NO4/c1-4-34-28-19-24(13-14-27(28)35-20-23-10-6-5-7-11-23)29(25-17-21(2)16-22(3)18-25)31-15-9-8-12-26(31)30(32)33/h5-7,10-11,13-14,16-19,26,29H,4,8-9,12,15,20H2,1-3H3,(H,32,33). The molecule has 2 atom stereocenters. The number of aryl methyl sites for hydroxylation is 2. The largest absolute Gasteiger partial charge is 0.490 e. The van der Waals surface area contributed by atoms with Crippen LogP contribution < -0.4 is 9.47 Å². The fourth-order valence-electron chi connectivity index (χ4n) is 5.09. The second kappa shape index (κ2) is 11.4. The van der Waals surface area contributed by atoms with Gasteiger partial charge in [-0.2, -0.15) is 0 Å². The molecule has 5 heteroatoms. The highest BCUT2D eigenvalue weighted by atomic mass is 16.5. The number of hydrogen-bond acceptors (Lipinski definition) is 4. The van der Waals surface area contributed by atoms with Crippen molar-refractivity contribution in [3.8, 4) is 11.5 Å². The molecule has 1 saturated heterocycles. The van der Waals surface area contributed by atoms with Crippen LogP contribution in [0.25, 0.3) is 0 Å². The lowest BCUT2D eigenvalue weighted by atomic mass is 9.90. The maximum atomic E-state index is 12.2. The molecule has 3 aromatic rings. The van der Waals surface area contributed by atoms with E-state index in [0.717, 1.165) is 36.1 Å². The van der Waals surface area contributed by atoms with Gasteiger partial charge >= 0.3 is 5.97 Å². The molecule has 0 radical (unpaired) electrons. The molecule has 1 aliphatic heterocycles. The van der Waals surface area contributed by atoms with Gasteiger partial charge in [0, 0.05) is 0 Å². The zero-order valence-corrected chi connectivity index (χ0v) is 20.9. The number of rotatable bonds is 9. The van der Waals surface area contributed by atoms with Gasteiger partial charge in [0.05, 0.1) is 12.6 Å². The van der Waals surface area contributed by atoms with Gasteiger partial charge in [0.15, 0.2) is 11.5 Å². The van der Waals surface area contributed by atoms with E-state index in [1.807, 2.05) is 49.4 Å². The number of benzene rings is 3. The quantitative estimate of drug-likeness (QED) is 0.395. The van der Waals surface area contributed by atoms with Crippen LogP contribution in [0.3, 0.4) is 0 Å². The number of piperidine rings is 1. The summed E-state index contributed by atoms with van der Waals surface area (Å²) in [5.41, 5.74) is 5.54. The lowest BCUT2D eigenvalue weighted by molar-refractivity contribution is -0.145. The van der Waals surface area contributed by atoms with Gasteiger partial charge in [-0.3, -0.25) is 9.69 Å². The summed E-state index contributed by atoms with van der Waals surface area (Å²) in [6.07, 6.45) is 2.58. The number of aliphatic carboxylic acids is 1. The van der Waals surface area contributed by atoms with Crippen molar-refractivity contribution in [2.24, 2.45) is 0 Å². The summed E-state index contributed by atoms with van der Waals surface area (Å²) in [5.74, 6) is 0.609. The molecular weight excluding hydrogens is 438 g/mol. The number of likely N-dealkylation sites (tertiary alicyclic amines) is 1. The first-order valence-electron chi connectivity index (χ1n) is 12.5. The van der Waals surface area contributed by atoms with Crippen molar-refractivity contribution in [3.63, 3.8) is 0 Å². The van der Waals surface area contributed by atoms with Crippen molar-refractivity contribution in [3.05, 3.63) is 94.5 Å². The van der Waals surface area contributed by atoms with Crippen LogP contribution in [-0.4, -0.2) is 35.2 Å². The normalized spacial score (nSPS) is 17.1. The lowest BCUT2D eigenvalue weighted by Gasteiger charge is -2.40. The summed E-state index contributed by atoms with van der Waals surface area (Å²) in [6, 6.07) is 21.9. The van der Waals surface area contributed by atoms with Crippen LogP contribution in [0.15, 0.2) is 66.7 Å². The van der Waals surface area contributed by atoms with Gasteiger partial charge in [0.1, 0.15) is 12.6 Å². The Morgan fingerprint density at radius 3 is 2.37 bits per heavy atom. The molecule has 0 aromatic heterocycles. The average molecular weight is 474 g/mol. The minimum Gasteiger partial charge on any atom is -0.490 e. The first kappa shape index (κ1) is 24.8. The van der Waals surface area contributed by atoms with Crippen molar-refractivity contribution < 1.29 is 19.4 Å². The molecule has 5 nitrogen and oxygen atoms in total. The fourth-order valence-corrected chi connectivity index (χ4v) is 5.09. The number of carboxylic acids is 1. The molecule has 1 N–H and O–H groups in total. The van der Waals surface area contributed by atoms with Crippen LogP contribution in [0.4, 0.5) is 0 Å². The Morgan fingerprint density at radius 1 is 0.943 bits per heavy atom. The monoisotopic (exact) mass is 473 g/mol. The Bertz CT molecular complexity index is 1120. The van der Waals surface area contributed by atoms with E-state index < -0.39 is 12.0 Å². The molecule has 4 rings (SSSR count). The second-order valence-electron chi connectivity index (χ2n) is 9.32. The minimum atomic E-state index is -0.757. The fraction of sp³-hybridized carbons (Fsp3) is 0.367. The Hall–Kier alpha value is -3.31. The number of nitrogens with zero attached hydrogens (tertiary/aromatic N) is 1. The number of hydrogen-bond donors (Lipinski definition) is 1. The Morgan fingerprint density at radius 2 is 1.69 bits per heavy atom. The number of carbonyl (C=O) groups is 1. The van der Waals surface area contributed by atoms with E-state index in [9.17, 15) is 9.90 Å². The Kier molecular flexibility index (Phi) is 8.09. The SMILES string of the molecule is CCOc1cc(C(c2cc(C)cc(C)c2)N2CCCCC2C(=O)O)ccc1OCc1ccccc1. The first-order chi connectivity index (χ1) is 17.0. The Labute approximate surface area is 208 Å². The van der Waals surface area contributed by atoms with Crippen LogP contribution in [0.1, 0.15) is 60.0 Å². The van der Waals surface area contributed by atoms with E-state index in [1.54, 1.807) is 0 Å². The third-order valence-corrected chi connectivity index (χ3v) is 6.54. The molecule has 35 heavy (non-hydrogen) atoms. The molecule has 1 aliphatic rings. The Balaban J connectivity index is 1.74. The summed E-state index contributed by atoms with van der Waals surface area (Å²) in [6.45, 7) is 7.84. The highest BCUT2D eigenvalue weighted by Crippen LogP contribution is 2.39. The molecule has 0 aliphatic carbocycles. The summed E-state index contributed by atoms with van der Waals surface area (Å²) >= 11 is 0. The molecule has 2 unspecified atom stereocenters. The van der Waals surface area contributed by atoms with Gasteiger partial charge in [-0.25, -0.2) is 0 Å². The summed E-state index contributed by atoms with van der Waals surface area (Å²) < 4.78 is 12.1. The predicted molar refractivity (Wildman–Crippen MR) is 138 cm³/mol. The summed E-state index contributed by atoms with van der Waals surface area (Å²) in [5, 5.41) is 10.0. The molecule has 0 saturated carbocycles. The molecular formula is C30H35NO4. The van der Waals surface area contributed by atoms with Crippen molar-refractivity contribution in [2.45, 2.75) is 58.7 Å². The molecule has 184 valence electrons.